The standard InChI is InChI=1S/C11H11NO2/c1-8-4-3-5-10(6-8)12-9(2)7-14-11(12)13/h3-7H,1-2H3. The van der Waals surface area contributed by atoms with Gasteiger partial charge in [-0.2, -0.15) is 0 Å². The highest BCUT2D eigenvalue weighted by Crippen LogP contribution is 2.10. The summed E-state index contributed by atoms with van der Waals surface area (Å²) in [5.74, 6) is -0.340. The van der Waals surface area contributed by atoms with Crippen molar-refractivity contribution >= 4 is 0 Å². The highest BCUT2D eigenvalue weighted by atomic mass is 16.4. The Kier molecular flexibility index (Phi) is 2.00. The summed E-state index contributed by atoms with van der Waals surface area (Å²) >= 11 is 0. The summed E-state index contributed by atoms with van der Waals surface area (Å²) in [6.45, 7) is 3.83. The molecule has 1 heterocycles. The van der Waals surface area contributed by atoms with E-state index in [9.17, 15) is 4.79 Å². The summed E-state index contributed by atoms with van der Waals surface area (Å²) in [6.07, 6.45) is 1.46. The lowest BCUT2D eigenvalue weighted by Gasteiger charge is -2.02. The lowest BCUT2D eigenvalue weighted by molar-refractivity contribution is 0.504. The van der Waals surface area contributed by atoms with Gasteiger partial charge in [0.05, 0.1) is 11.4 Å². The molecule has 2 aromatic rings. The van der Waals surface area contributed by atoms with Crippen molar-refractivity contribution in [2.75, 3.05) is 0 Å². The summed E-state index contributed by atoms with van der Waals surface area (Å²) in [5.41, 5.74) is 2.77. The van der Waals surface area contributed by atoms with Crippen LogP contribution in [0.25, 0.3) is 5.69 Å². The number of oxazole rings is 1. The Bertz CT molecular complexity index is 508. The van der Waals surface area contributed by atoms with Crippen molar-refractivity contribution in [3.05, 3.63) is 52.3 Å². The summed E-state index contributed by atoms with van der Waals surface area (Å²) < 4.78 is 6.35. The zero-order chi connectivity index (χ0) is 10.1. The Morgan fingerprint density at radius 3 is 2.64 bits per heavy atom. The maximum absolute atomic E-state index is 11.3. The molecule has 0 aliphatic rings. The minimum Gasteiger partial charge on any atom is -0.416 e. The number of rotatable bonds is 1. The van der Waals surface area contributed by atoms with Gasteiger partial charge in [-0.3, -0.25) is 0 Å². The fourth-order valence-corrected chi connectivity index (χ4v) is 1.46. The largest absolute Gasteiger partial charge is 0.423 e. The molecule has 0 bridgehead atoms. The van der Waals surface area contributed by atoms with Crippen LogP contribution in [-0.4, -0.2) is 4.57 Å². The molecule has 0 unspecified atom stereocenters. The zero-order valence-electron chi connectivity index (χ0n) is 8.15. The molecular formula is C11H11NO2. The zero-order valence-corrected chi connectivity index (χ0v) is 8.15. The normalized spacial score (nSPS) is 10.4. The second-order valence-corrected chi connectivity index (χ2v) is 3.32. The third-order valence-electron chi connectivity index (χ3n) is 2.13. The summed E-state index contributed by atoms with van der Waals surface area (Å²) in [7, 11) is 0. The van der Waals surface area contributed by atoms with Gasteiger partial charge in [-0.15, -0.1) is 0 Å². The Morgan fingerprint density at radius 1 is 1.29 bits per heavy atom. The van der Waals surface area contributed by atoms with Gasteiger partial charge in [0.25, 0.3) is 0 Å². The van der Waals surface area contributed by atoms with Crippen molar-refractivity contribution in [3.8, 4) is 5.69 Å². The van der Waals surface area contributed by atoms with E-state index >= 15 is 0 Å². The van der Waals surface area contributed by atoms with E-state index in [0.717, 1.165) is 16.9 Å². The van der Waals surface area contributed by atoms with Crippen LogP contribution in [0.4, 0.5) is 0 Å². The van der Waals surface area contributed by atoms with Gasteiger partial charge in [-0.05, 0) is 31.5 Å². The van der Waals surface area contributed by atoms with E-state index in [2.05, 4.69) is 0 Å². The molecule has 0 spiro atoms. The first-order valence-corrected chi connectivity index (χ1v) is 4.42. The SMILES string of the molecule is Cc1cccc(-n2c(C)coc2=O)c1. The van der Waals surface area contributed by atoms with Crippen molar-refractivity contribution in [3.63, 3.8) is 0 Å². The van der Waals surface area contributed by atoms with E-state index in [1.165, 1.54) is 6.26 Å². The van der Waals surface area contributed by atoms with Crippen molar-refractivity contribution < 1.29 is 4.42 Å². The van der Waals surface area contributed by atoms with Gasteiger partial charge in [0, 0.05) is 0 Å². The Balaban J connectivity index is 2.66. The van der Waals surface area contributed by atoms with Crippen molar-refractivity contribution in [2.24, 2.45) is 0 Å². The summed E-state index contributed by atoms with van der Waals surface area (Å²) in [4.78, 5) is 11.3. The molecule has 14 heavy (non-hydrogen) atoms. The molecule has 1 aromatic heterocycles. The molecule has 3 heteroatoms. The van der Waals surface area contributed by atoms with Gasteiger partial charge < -0.3 is 4.42 Å². The monoisotopic (exact) mass is 189 g/mol. The molecule has 0 saturated carbocycles. The van der Waals surface area contributed by atoms with Gasteiger partial charge in [0.2, 0.25) is 0 Å². The number of hydrogen-bond donors (Lipinski definition) is 0. The lowest BCUT2D eigenvalue weighted by Crippen LogP contribution is -2.13. The predicted octanol–water partition coefficient (Wildman–Crippen LogP) is 2.05. The van der Waals surface area contributed by atoms with Gasteiger partial charge in [0.1, 0.15) is 6.26 Å². The average Bonchev–Trinajstić information content (AvgIpc) is 2.46. The van der Waals surface area contributed by atoms with Crippen LogP contribution < -0.4 is 5.76 Å². The molecule has 3 nitrogen and oxygen atoms in total. The molecular weight excluding hydrogens is 178 g/mol. The Hall–Kier alpha value is -1.77. The van der Waals surface area contributed by atoms with Crippen molar-refractivity contribution in [1.82, 2.24) is 4.57 Å². The van der Waals surface area contributed by atoms with Gasteiger partial charge in [-0.25, -0.2) is 9.36 Å². The maximum Gasteiger partial charge on any atom is 0.423 e. The van der Waals surface area contributed by atoms with E-state index in [1.54, 1.807) is 4.57 Å². The first-order chi connectivity index (χ1) is 6.68. The molecule has 1 aromatic carbocycles. The van der Waals surface area contributed by atoms with Crippen LogP contribution in [0.1, 0.15) is 11.3 Å². The quantitative estimate of drug-likeness (QED) is 0.688. The number of aromatic nitrogens is 1. The Morgan fingerprint density at radius 2 is 2.07 bits per heavy atom. The predicted molar refractivity (Wildman–Crippen MR) is 53.8 cm³/mol. The van der Waals surface area contributed by atoms with Crippen LogP contribution >= 0.6 is 0 Å². The minimum atomic E-state index is -0.340. The fourth-order valence-electron chi connectivity index (χ4n) is 1.46. The lowest BCUT2D eigenvalue weighted by atomic mass is 10.2. The van der Waals surface area contributed by atoms with Crippen molar-refractivity contribution in [2.45, 2.75) is 13.8 Å². The van der Waals surface area contributed by atoms with E-state index in [1.807, 2.05) is 38.1 Å². The molecule has 0 aliphatic heterocycles. The highest BCUT2D eigenvalue weighted by molar-refractivity contribution is 5.36. The summed E-state index contributed by atoms with van der Waals surface area (Å²) in [5, 5.41) is 0. The van der Waals surface area contributed by atoms with Crippen molar-refractivity contribution in [1.29, 1.82) is 0 Å². The first kappa shape index (κ1) is 8.81. The van der Waals surface area contributed by atoms with Gasteiger partial charge >= 0.3 is 5.76 Å². The molecule has 0 radical (unpaired) electrons. The molecule has 0 N–H and O–H groups in total. The maximum atomic E-state index is 11.3. The molecule has 0 atom stereocenters. The molecule has 2 rings (SSSR count). The molecule has 0 amide bonds. The number of aryl methyl sites for hydroxylation is 2. The topological polar surface area (TPSA) is 35.1 Å². The van der Waals surface area contributed by atoms with Crippen LogP contribution in [0, 0.1) is 13.8 Å². The van der Waals surface area contributed by atoms with Gasteiger partial charge in [-0.1, -0.05) is 12.1 Å². The van der Waals surface area contributed by atoms with E-state index in [0.29, 0.717) is 0 Å². The van der Waals surface area contributed by atoms with Crippen LogP contribution in [-0.2, 0) is 0 Å². The second kappa shape index (κ2) is 3.18. The average molecular weight is 189 g/mol. The minimum absolute atomic E-state index is 0.340. The fraction of sp³-hybridized carbons (Fsp3) is 0.182. The first-order valence-electron chi connectivity index (χ1n) is 4.42. The molecule has 0 saturated heterocycles. The third kappa shape index (κ3) is 1.37. The van der Waals surface area contributed by atoms with E-state index in [-0.39, 0.29) is 5.76 Å². The molecule has 0 aliphatic carbocycles. The van der Waals surface area contributed by atoms with Crippen LogP contribution in [0.5, 0.6) is 0 Å². The Labute approximate surface area is 81.6 Å². The van der Waals surface area contributed by atoms with Crippen LogP contribution in [0.15, 0.2) is 39.7 Å². The van der Waals surface area contributed by atoms with Gasteiger partial charge in [0.15, 0.2) is 0 Å². The molecule has 72 valence electrons. The van der Waals surface area contributed by atoms with E-state index < -0.39 is 0 Å². The van der Waals surface area contributed by atoms with Crippen LogP contribution in [0.3, 0.4) is 0 Å². The number of nitrogens with zero attached hydrogens (tertiary/aromatic N) is 1. The number of hydrogen-bond acceptors (Lipinski definition) is 2. The highest BCUT2D eigenvalue weighted by Gasteiger charge is 2.05. The molecule has 0 fully saturated rings. The van der Waals surface area contributed by atoms with Crippen LogP contribution in [0.2, 0.25) is 0 Å². The third-order valence-corrected chi connectivity index (χ3v) is 2.13. The second-order valence-electron chi connectivity index (χ2n) is 3.32. The smallest absolute Gasteiger partial charge is 0.416 e. The van der Waals surface area contributed by atoms with E-state index in [4.69, 9.17) is 4.42 Å². The summed E-state index contributed by atoms with van der Waals surface area (Å²) in [6, 6.07) is 7.74. The number of benzene rings is 1.